The van der Waals surface area contributed by atoms with E-state index in [4.69, 9.17) is 9.47 Å². The summed E-state index contributed by atoms with van der Waals surface area (Å²) in [5.74, 6) is 0. The molecule has 0 unspecified atom stereocenters. The third-order valence-corrected chi connectivity index (χ3v) is 5.89. The summed E-state index contributed by atoms with van der Waals surface area (Å²) in [4.78, 5) is 0.325. The van der Waals surface area contributed by atoms with E-state index in [1.165, 1.54) is 6.26 Å². The lowest BCUT2D eigenvalue weighted by Gasteiger charge is -2.16. The molecule has 0 spiro atoms. The molecule has 0 N–H and O–H groups in total. The number of hydrogen-bond donors (Lipinski definition) is 0. The van der Waals surface area contributed by atoms with Crippen LogP contribution < -0.4 is 0 Å². The lowest BCUT2D eigenvalue weighted by atomic mass is 10.2. The van der Waals surface area contributed by atoms with E-state index in [9.17, 15) is 8.42 Å². The number of benzene rings is 1. The summed E-state index contributed by atoms with van der Waals surface area (Å²) in [5.41, 5.74) is 1.03. The van der Waals surface area contributed by atoms with Crippen molar-refractivity contribution in [3.63, 3.8) is 0 Å². The molecule has 4 nitrogen and oxygen atoms in total. The maximum Gasteiger partial charge on any atom is 0.184 e. The standard InChI is InChI=1S/C17H22O4S/c1-4-14-12-17(16(21-14)10-11-20-5-2)22(18,19)15-8-6-13(3)7-9-15/h4,6-11,14,16-17H,1,5,12H2,2-3H3/b11-10-/t14-,16+,17+/m0/s1. The highest BCUT2D eigenvalue weighted by atomic mass is 32.2. The molecule has 0 saturated carbocycles. The Balaban J connectivity index is 2.29. The molecule has 1 aromatic carbocycles. The van der Waals surface area contributed by atoms with Gasteiger partial charge >= 0.3 is 0 Å². The zero-order chi connectivity index (χ0) is 16.2. The van der Waals surface area contributed by atoms with E-state index in [0.717, 1.165) is 5.56 Å². The van der Waals surface area contributed by atoms with Crippen LogP contribution in [0.4, 0.5) is 0 Å². The quantitative estimate of drug-likeness (QED) is 0.597. The average Bonchev–Trinajstić information content (AvgIpc) is 2.92. The second-order valence-electron chi connectivity index (χ2n) is 5.29. The molecule has 1 saturated heterocycles. The predicted octanol–water partition coefficient (Wildman–Crippen LogP) is 3.03. The van der Waals surface area contributed by atoms with Gasteiger partial charge in [0.2, 0.25) is 0 Å². The normalized spacial score (nSPS) is 25.5. The van der Waals surface area contributed by atoms with Crippen molar-refractivity contribution in [3.8, 4) is 0 Å². The van der Waals surface area contributed by atoms with Crippen LogP contribution in [0, 0.1) is 6.92 Å². The summed E-state index contributed by atoms with van der Waals surface area (Å²) in [5, 5.41) is -0.630. The van der Waals surface area contributed by atoms with Gasteiger partial charge < -0.3 is 9.47 Å². The van der Waals surface area contributed by atoms with Gasteiger partial charge in [0.25, 0.3) is 0 Å². The van der Waals surface area contributed by atoms with Gasteiger partial charge in [-0.05, 0) is 38.5 Å². The van der Waals surface area contributed by atoms with Crippen molar-refractivity contribution in [1.82, 2.24) is 0 Å². The second-order valence-corrected chi connectivity index (χ2v) is 7.46. The van der Waals surface area contributed by atoms with Gasteiger partial charge in [0.15, 0.2) is 9.84 Å². The first kappa shape index (κ1) is 16.8. The molecular weight excluding hydrogens is 300 g/mol. The molecule has 5 heteroatoms. The van der Waals surface area contributed by atoms with Gasteiger partial charge in [-0.25, -0.2) is 8.42 Å². The van der Waals surface area contributed by atoms with Gasteiger partial charge in [-0.1, -0.05) is 23.8 Å². The fraction of sp³-hybridized carbons (Fsp3) is 0.412. The highest BCUT2D eigenvalue weighted by Gasteiger charge is 2.41. The van der Waals surface area contributed by atoms with Crippen LogP contribution in [0.3, 0.4) is 0 Å². The molecule has 3 atom stereocenters. The van der Waals surface area contributed by atoms with Crippen LogP contribution in [0.15, 0.2) is 54.2 Å². The number of hydrogen-bond acceptors (Lipinski definition) is 4. The van der Waals surface area contributed by atoms with Crippen LogP contribution in [0.1, 0.15) is 18.9 Å². The minimum absolute atomic E-state index is 0.263. The monoisotopic (exact) mass is 322 g/mol. The Morgan fingerprint density at radius 3 is 2.64 bits per heavy atom. The zero-order valence-electron chi connectivity index (χ0n) is 12.9. The van der Waals surface area contributed by atoms with Crippen molar-refractivity contribution in [2.24, 2.45) is 0 Å². The van der Waals surface area contributed by atoms with Crippen molar-refractivity contribution >= 4 is 9.84 Å². The van der Waals surface area contributed by atoms with E-state index in [1.807, 2.05) is 13.8 Å². The van der Waals surface area contributed by atoms with Crippen LogP contribution >= 0.6 is 0 Å². The Kier molecular flexibility index (Phi) is 5.42. The maximum absolute atomic E-state index is 12.9. The number of rotatable bonds is 6. The van der Waals surface area contributed by atoms with Crippen molar-refractivity contribution in [2.45, 2.75) is 42.6 Å². The van der Waals surface area contributed by atoms with Crippen molar-refractivity contribution in [1.29, 1.82) is 0 Å². The minimum Gasteiger partial charge on any atom is -0.502 e. The number of ether oxygens (including phenoxy) is 2. The highest BCUT2D eigenvalue weighted by molar-refractivity contribution is 7.92. The first-order valence-electron chi connectivity index (χ1n) is 7.36. The average molecular weight is 322 g/mol. The molecule has 1 aromatic rings. The number of aryl methyl sites for hydroxylation is 1. The molecule has 1 aliphatic rings. The number of sulfone groups is 1. The molecule has 0 bridgehead atoms. The lowest BCUT2D eigenvalue weighted by Crippen LogP contribution is -2.29. The van der Waals surface area contributed by atoms with Crippen LogP contribution in [0.2, 0.25) is 0 Å². The zero-order valence-corrected chi connectivity index (χ0v) is 13.8. The fourth-order valence-electron chi connectivity index (χ4n) is 2.46. The summed E-state index contributed by atoms with van der Waals surface area (Å²) < 4.78 is 36.6. The van der Waals surface area contributed by atoms with Crippen molar-refractivity contribution < 1.29 is 17.9 Å². The Hall–Kier alpha value is -1.59. The predicted molar refractivity (Wildman–Crippen MR) is 86.4 cm³/mol. The molecule has 1 heterocycles. The van der Waals surface area contributed by atoms with Crippen LogP contribution in [-0.4, -0.2) is 32.5 Å². The third kappa shape index (κ3) is 3.59. The van der Waals surface area contributed by atoms with Gasteiger partial charge in [0.05, 0.1) is 35.2 Å². The molecule has 1 fully saturated rings. The van der Waals surface area contributed by atoms with E-state index in [2.05, 4.69) is 6.58 Å². The molecule has 22 heavy (non-hydrogen) atoms. The van der Waals surface area contributed by atoms with Gasteiger partial charge in [0.1, 0.15) is 0 Å². The lowest BCUT2D eigenvalue weighted by molar-refractivity contribution is 0.0989. The molecular formula is C17H22O4S. The van der Waals surface area contributed by atoms with Gasteiger partial charge in [0, 0.05) is 0 Å². The Morgan fingerprint density at radius 2 is 2.05 bits per heavy atom. The topological polar surface area (TPSA) is 52.6 Å². The maximum atomic E-state index is 12.9. The largest absolute Gasteiger partial charge is 0.502 e. The van der Waals surface area contributed by atoms with Crippen LogP contribution in [-0.2, 0) is 19.3 Å². The van der Waals surface area contributed by atoms with E-state index >= 15 is 0 Å². The fourth-order valence-corrected chi connectivity index (χ4v) is 4.28. The summed E-state index contributed by atoms with van der Waals surface area (Å²) >= 11 is 0. The van der Waals surface area contributed by atoms with Crippen LogP contribution in [0.25, 0.3) is 0 Å². The summed E-state index contributed by atoms with van der Waals surface area (Å²) in [6, 6.07) is 6.90. The molecule has 0 amide bonds. The Labute approximate surface area is 132 Å². The molecule has 120 valence electrons. The summed E-state index contributed by atoms with van der Waals surface area (Å²) in [6.07, 6.45) is 4.44. The van der Waals surface area contributed by atoms with Gasteiger partial charge in [-0.2, -0.15) is 0 Å². The summed E-state index contributed by atoms with van der Waals surface area (Å²) in [6.45, 7) is 8.03. The van der Waals surface area contributed by atoms with Crippen molar-refractivity contribution in [3.05, 3.63) is 54.8 Å². The minimum atomic E-state index is -3.46. The smallest absolute Gasteiger partial charge is 0.184 e. The van der Waals surface area contributed by atoms with E-state index in [0.29, 0.717) is 17.9 Å². The molecule has 0 aromatic heterocycles. The first-order chi connectivity index (χ1) is 10.5. The summed E-state index contributed by atoms with van der Waals surface area (Å²) in [7, 11) is -3.46. The van der Waals surface area contributed by atoms with Crippen molar-refractivity contribution in [2.75, 3.05) is 6.61 Å². The van der Waals surface area contributed by atoms with E-state index < -0.39 is 21.2 Å². The Morgan fingerprint density at radius 1 is 1.36 bits per heavy atom. The second kappa shape index (κ2) is 7.11. The van der Waals surface area contributed by atoms with Gasteiger partial charge in [-0.3, -0.25) is 0 Å². The van der Waals surface area contributed by atoms with E-state index in [1.54, 1.807) is 36.4 Å². The van der Waals surface area contributed by atoms with Crippen LogP contribution in [0.5, 0.6) is 0 Å². The third-order valence-electron chi connectivity index (χ3n) is 3.71. The Bertz CT molecular complexity index is 631. The molecule has 0 aliphatic carbocycles. The SMILES string of the molecule is C=C[C@H]1C[C@@H](S(=O)(=O)c2ccc(C)cc2)[C@@H](/C=C\OCC)O1. The highest BCUT2D eigenvalue weighted by Crippen LogP contribution is 2.32. The molecule has 0 radical (unpaired) electrons. The first-order valence-corrected chi connectivity index (χ1v) is 8.90. The molecule has 1 aliphatic heterocycles. The van der Waals surface area contributed by atoms with Gasteiger partial charge in [-0.15, -0.1) is 6.58 Å². The molecule has 2 rings (SSSR count). The van der Waals surface area contributed by atoms with E-state index in [-0.39, 0.29) is 6.10 Å².